The molecule has 0 aliphatic heterocycles. The number of benzene rings is 1. The summed E-state index contributed by atoms with van der Waals surface area (Å²) in [7, 11) is -3.38. The van der Waals surface area contributed by atoms with Crippen LogP contribution in [-0.4, -0.2) is 32.7 Å². The molecule has 0 heterocycles. The highest BCUT2D eigenvalue weighted by Crippen LogP contribution is 2.18. The second kappa shape index (κ2) is 7.11. The average molecular weight is 336 g/mol. The van der Waals surface area contributed by atoms with E-state index in [0.717, 1.165) is 11.8 Å². The molecule has 0 aliphatic carbocycles. The lowest BCUT2D eigenvalue weighted by atomic mass is 10.1. The minimum atomic E-state index is -3.38. The number of carbonyl (C=O) groups excluding carboxylic acids is 1. The second-order valence-corrected chi connectivity index (χ2v) is 7.32. The Kier molecular flexibility index (Phi) is 6.66. The summed E-state index contributed by atoms with van der Waals surface area (Å²) in [5, 5.41) is 2.71. The standard InChI is InChI=1S/C13H21N3O3S.ClH/c1-9-5-6-10(7-11(9)16-20(4,18)19)12(17)15-8-13(2,3)14;/h5-7,16H,8,14H2,1-4H3,(H,15,17);1H. The van der Waals surface area contributed by atoms with Crippen LogP contribution in [0.4, 0.5) is 5.69 Å². The van der Waals surface area contributed by atoms with Gasteiger partial charge in [0, 0.05) is 17.6 Å². The number of amides is 1. The highest BCUT2D eigenvalue weighted by molar-refractivity contribution is 7.92. The van der Waals surface area contributed by atoms with Crippen molar-refractivity contribution in [3.63, 3.8) is 0 Å². The van der Waals surface area contributed by atoms with Crippen LogP contribution in [0.3, 0.4) is 0 Å². The molecule has 0 fully saturated rings. The second-order valence-electron chi connectivity index (χ2n) is 5.58. The summed E-state index contributed by atoms with van der Waals surface area (Å²) < 4.78 is 24.9. The van der Waals surface area contributed by atoms with Crippen molar-refractivity contribution >= 4 is 34.0 Å². The maximum atomic E-state index is 12.0. The third kappa shape index (κ3) is 7.31. The van der Waals surface area contributed by atoms with Crippen molar-refractivity contribution in [1.29, 1.82) is 0 Å². The van der Waals surface area contributed by atoms with Crippen molar-refractivity contribution in [2.24, 2.45) is 5.73 Å². The molecule has 0 aliphatic rings. The molecule has 1 aromatic carbocycles. The zero-order valence-corrected chi connectivity index (χ0v) is 14.2. The Labute approximate surface area is 132 Å². The minimum Gasteiger partial charge on any atom is -0.350 e. The van der Waals surface area contributed by atoms with Crippen molar-refractivity contribution < 1.29 is 13.2 Å². The Morgan fingerprint density at radius 1 is 1.33 bits per heavy atom. The van der Waals surface area contributed by atoms with Gasteiger partial charge in [-0.05, 0) is 38.5 Å². The fraction of sp³-hybridized carbons (Fsp3) is 0.462. The maximum absolute atomic E-state index is 12.0. The Bertz CT molecular complexity index is 610. The number of hydrogen-bond donors (Lipinski definition) is 3. The molecule has 1 rings (SSSR count). The van der Waals surface area contributed by atoms with E-state index in [1.807, 2.05) is 0 Å². The van der Waals surface area contributed by atoms with E-state index in [9.17, 15) is 13.2 Å². The third-order valence-corrected chi connectivity index (χ3v) is 3.09. The molecule has 0 saturated heterocycles. The first-order chi connectivity index (χ1) is 8.98. The van der Waals surface area contributed by atoms with Crippen LogP contribution in [0, 0.1) is 6.92 Å². The van der Waals surface area contributed by atoms with Gasteiger partial charge in [-0.3, -0.25) is 9.52 Å². The van der Waals surface area contributed by atoms with Gasteiger partial charge in [0.05, 0.1) is 11.9 Å². The van der Waals surface area contributed by atoms with Crippen molar-refractivity contribution in [3.05, 3.63) is 29.3 Å². The summed E-state index contributed by atoms with van der Waals surface area (Å²) in [6, 6.07) is 4.84. The predicted molar refractivity (Wildman–Crippen MR) is 87.5 cm³/mol. The average Bonchev–Trinajstić information content (AvgIpc) is 2.26. The summed E-state index contributed by atoms with van der Waals surface area (Å²) in [6.07, 6.45) is 1.07. The zero-order chi connectivity index (χ0) is 15.6. The number of carbonyl (C=O) groups is 1. The monoisotopic (exact) mass is 335 g/mol. The van der Waals surface area contributed by atoms with E-state index in [0.29, 0.717) is 17.8 Å². The van der Waals surface area contributed by atoms with E-state index in [1.165, 1.54) is 6.07 Å². The molecule has 120 valence electrons. The Morgan fingerprint density at radius 3 is 2.38 bits per heavy atom. The number of halogens is 1. The fourth-order valence-corrected chi connectivity index (χ4v) is 2.10. The van der Waals surface area contributed by atoms with Crippen molar-refractivity contribution in [2.45, 2.75) is 26.3 Å². The first-order valence-electron chi connectivity index (χ1n) is 6.13. The van der Waals surface area contributed by atoms with E-state index in [4.69, 9.17) is 5.73 Å². The van der Waals surface area contributed by atoms with Gasteiger partial charge in [-0.1, -0.05) is 6.07 Å². The van der Waals surface area contributed by atoms with Gasteiger partial charge in [0.25, 0.3) is 5.91 Å². The van der Waals surface area contributed by atoms with Gasteiger partial charge in [-0.2, -0.15) is 0 Å². The maximum Gasteiger partial charge on any atom is 0.251 e. The molecule has 0 spiro atoms. The van der Waals surface area contributed by atoms with Gasteiger partial charge in [-0.15, -0.1) is 12.4 Å². The van der Waals surface area contributed by atoms with Gasteiger partial charge in [0.2, 0.25) is 10.0 Å². The first-order valence-corrected chi connectivity index (χ1v) is 8.03. The van der Waals surface area contributed by atoms with Crippen LogP contribution >= 0.6 is 12.4 Å². The lowest BCUT2D eigenvalue weighted by Gasteiger charge is -2.19. The van der Waals surface area contributed by atoms with Crippen LogP contribution in [0.25, 0.3) is 0 Å². The number of hydrogen-bond acceptors (Lipinski definition) is 4. The highest BCUT2D eigenvalue weighted by atomic mass is 35.5. The summed E-state index contributed by atoms with van der Waals surface area (Å²) in [4.78, 5) is 12.0. The molecular formula is C13H22ClN3O3S. The Morgan fingerprint density at radius 2 is 1.90 bits per heavy atom. The van der Waals surface area contributed by atoms with Crippen LogP contribution in [0.15, 0.2) is 18.2 Å². The minimum absolute atomic E-state index is 0. The Balaban J connectivity index is 0.00000400. The fourth-order valence-electron chi connectivity index (χ4n) is 1.48. The molecule has 0 unspecified atom stereocenters. The summed E-state index contributed by atoms with van der Waals surface area (Å²) in [6.45, 7) is 5.70. The number of anilines is 1. The van der Waals surface area contributed by atoms with Crippen LogP contribution < -0.4 is 15.8 Å². The molecule has 0 bridgehead atoms. The zero-order valence-electron chi connectivity index (χ0n) is 12.6. The smallest absolute Gasteiger partial charge is 0.251 e. The lowest BCUT2D eigenvalue weighted by molar-refractivity contribution is 0.0946. The molecule has 1 amide bonds. The molecule has 0 radical (unpaired) electrons. The SMILES string of the molecule is Cc1ccc(C(=O)NCC(C)(C)N)cc1NS(C)(=O)=O.Cl. The van der Waals surface area contributed by atoms with Crippen molar-refractivity contribution in [2.75, 3.05) is 17.5 Å². The predicted octanol–water partition coefficient (Wildman–Crippen LogP) is 1.26. The van der Waals surface area contributed by atoms with Gasteiger partial charge in [-0.25, -0.2) is 8.42 Å². The van der Waals surface area contributed by atoms with E-state index >= 15 is 0 Å². The van der Waals surface area contributed by atoms with Gasteiger partial charge in [0.1, 0.15) is 0 Å². The largest absolute Gasteiger partial charge is 0.350 e. The molecule has 4 N–H and O–H groups in total. The number of rotatable bonds is 5. The quantitative estimate of drug-likeness (QED) is 0.753. The Hall–Kier alpha value is -1.31. The van der Waals surface area contributed by atoms with Crippen molar-refractivity contribution in [3.8, 4) is 0 Å². The number of nitrogens with two attached hydrogens (primary N) is 1. The van der Waals surface area contributed by atoms with Crippen LogP contribution in [0.1, 0.15) is 29.8 Å². The van der Waals surface area contributed by atoms with E-state index in [-0.39, 0.29) is 18.3 Å². The third-order valence-electron chi connectivity index (χ3n) is 2.50. The summed E-state index contributed by atoms with van der Waals surface area (Å²) in [5.74, 6) is -0.292. The number of sulfonamides is 1. The van der Waals surface area contributed by atoms with Crippen LogP contribution in [0.2, 0.25) is 0 Å². The van der Waals surface area contributed by atoms with Gasteiger partial charge < -0.3 is 11.1 Å². The molecule has 0 aromatic heterocycles. The van der Waals surface area contributed by atoms with E-state index in [2.05, 4.69) is 10.0 Å². The molecule has 0 atom stereocenters. The van der Waals surface area contributed by atoms with Gasteiger partial charge >= 0.3 is 0 Å². The normalized spacial score (nSPS) is 11.5. The molecule has 21 heavy (non-hydrogen) atoms. The van der Waals surface area contributed by atoms with Gasteiger partial charge in [0.15, 0.2) is 0 Å². The molecule has 1 aromatic rings. The van der Waals surface area contributed by atoms with E-state index < -0.39 is 15.6 Å². The molecule has 8 heteroatoms. The first kappa shape index (κ1) is 19.7. The lowest BCUT2D eigenvalue weighted by Crippen LogP contribution is -2.45. The number of nitrogens with one attached hydrogen (secondary N) is 2. The molecular weight excluding hydrogens is 314 g/mol. The summed E-state index contributed by atoms with van der Waals surface area (Å²) in [5.41, 5.74) is 6.80. The van der Waals surface area contributed by atoms with Crippen LogP contribution in [0.5, 0.6) is 0 Å². The van der Waals surface area contributed by atoms with E-state index in [1.54, 1.807) is 32.9 Å². The van der Waals surface area contributed by atoms with Crippen molar-refractivity contribution in [1.82, 2.24) is 5.32 Å². The number of aryl methyl sites for hydroxylation is 1. The molecule has 0 saturated carbocycles. The van der Waals surface area contributed by atoms with Crippen LogP contribution in [-0.2, 0) is 10.0 Å². The summed E-state index contributed by atoms with van der Waals surface area (Å²) >= 11 is 0. The topological polar surface area (TPSA) is 101 Å². The molecule has 6 nitrogen and oxygen atoms in total. The highest BCUT2D eigenvalue weighted by Gasteiger charge is 2.14.